The Morgan fingerprint density at radius 1 is 0.350 bits per heavy atom. The van der Waals surface area contributed by atoms with Crippen molar-refractivity contribution in [2.45, 2.75) is 315 Å². The van der Waals surface area contributed by atoms with Crippen molar-refractivity contribution in [2.75, 3.05) is 26.4 Å². The summed E-state index contributed by atoms with van der Waals surface area (Å²) in [5.74, 6) is -19.9. The van der Waals surface area contributed by atoms with Crippen LogP contribution in [-0.2, 0) is 115 Å². The number of nitrogens with one attached hydrogen (secondary N) is 11. The fourth-order valence-electron chi connectivity index (χ4n) is 12.9. The van der Waals surface area contributed by atoms with Crippen LogP contribution in [0.5, 0.6) is 0 Å². The highest BCUT2D eigenvalue weighted by Crippen LogP contribution is 2.33. The molecule has 700 valence electrons. The van der Waals surface area contributed by atoms with Crippen molar-refractivity contribution in [1.29, 1.82) is 0 Å². The minimum Gasteiger partial charge on any atom is -0.480 e. The molecular weight excluding hydrogens is 1660 g/mol. The molecule has 4 fully saturated rings. The van der Waals surface area contributed by atoms with Crippen molar-refractivity contribution in [1.82, 2.24) is 58.5 Å². The van der Waals surface area contributed by atoms with Gasteiger partial charge in [0.2, 0.25) is 65.0 Å². The van der Waals surface area contributed by atoms with E-state index in [4.69, 9.17) is 55.1 Å². The molecule has 0 aliphatic carbocycles. The molecule has 0 saturated carbocycles. The monoisotopic (exact) mass is 1780 g/mol. The molecule has 32 N–H and O–H groups in total. The molecule has 4 aliphatic rings. The van der Waals surface area contributed by atoms with Gasteiger partial charge in [0.15, 0.2) is 25.2 Å². The normalized spacial score (nSPS) is 29.3. The Hall–Kier alpha value is -9.32. The highest BCUT2D eigenvalue weighted by molar-refractivity contribution is 5.95. The van der Waals surface area contributed by atoms with Gasteiger partial charge in [-0.05, 0) is 92.9 Å². The maximum Gasteiger partial charge on any atom is 0.326 e. The van der Waals surface area contributed by atoms with Crippen molar-refractivity contribution in [3.63, 3.8) is 0 Å². The summed E-state index contributed by atoms with van der Waals surface area (Å²) in [4.78, 5) is 208. The third-order valence-corrected chi connectivity index (χ3v) is 20.1. The van der Waals surface area contributed by atoms with Crippen LogP contribution in [0, 0.1) is 0 Å². The molecule has 53 nitrogen and oxygen atoms in total. The van der Waals surface area contributed by atoms with Crippen molar-refractivity contribution < 1.29 is 191 Å². The lowest BCUT2D eigenvalue weighted by Gasteiger charge is -2.48. The summed E-state index contributed by atoms with van der Waals surface area (Å²) in [6.45, 7) is 5.13. The zero-order chi connectivity index (χ0) is 93.0. The van der Waals surface area contributed by atoms with Crippen LogP contribution in [0.25, 0.3) is 0 Å². The van der Waals surface area contributed by atoms with E-state index in [9.17, 15) is 153 Å². The SMILES string of the molecule is CC(=O)NC1C(O)OC(CO)C(OC2OC(CO)C(O)C(O)C2N)C1OC(C)C(=O)NC(C)C(=O)NC(CCC(=O)NC(CCCC(NC(=O)C(C)NC(=O)C(CCCC(N)C(=O)O)NC(=O)CCC(NC(=O)C(C)NC(=O)C(C)OC1C(NC(C)=O)C(O)OC(CO)C1OC1OC(CO)C(O)C(O)C1N)C(=O)O)C(=O)O)C(=O)NC(C)C(=O)O)C(=O)O. The molecule has 0 aromatic rings. The Morgan fingerprint density at radius 2 is 0.659 bits per heavy atom. The quantitative estimate of drug-likeness (QED) is 0.0269. The minimum atomic E-state index is -1.95. The van der Waals surface area contributed by atoms with E-state index in [0.717, 1.165) is 55.4 Å². The number of rotatable bonds is 49. The van der Waals surface area contributed by atoms with E-state index in [1.165, 1.54) is 0 Å². The Balaban J connectivity index is 1.39. The van der Waals surface area contributed by atoms with Crippen LogP contribution in [-0.4, -0.2) is 393 Å². The second-order valence-corrected chi connectivity index (χ2v) is 29.8. The number of aliphatic hydroxyl groups excluding tert-OH is 10. The molecule has 0 radical (unpaired) electrons. The molecule has 32 unspecified atom stereocenters. The zero-order valence-corrected chi connectivity index (χ0v) is 68.1. The Kier molecular flexibility index (Phi) is 43.1. The molecule has 11 amide bonds. The molecule has 0 bridgehead atoms. The molecule has 4 heterocycles. The standard InChI is InChI=1S/C70H116N14O39/c1-23(74-58(100)27(5)116-53-45(78-29(7)89)67(114)118-39(21-87)51(53)122-69-43(72)49(95)47(93)37(19-85)120-69)55(97)83-35(65(110)111)15-17-41(91)80-32(12-9-11-31(71)63(106)107)60(102)76-25(3)57(99)82-34(64(108)109)14-10-13-33(61(103)77-26(4)62(104)105)81-42(92)18-16-36(66(112)113)84-56(98)24(2)75-59(101)28(6)117-54-46(79-30(8)90)68(115)119-40(22-88)52(54)123-70-44(73)50(96)48(94)38(20-86)121-70/h23-28,31-40,43-54,67-70,85-88,93-96,114-115H,9-22,71-73H2,1-8H3,(H,74,100)(H,75,101)(H,76,102)(H,77,103)(H,78,89)(H,79,90)(H,80,91)(H,81,92)(H,82,99)(H,83,97)(H,84,98)(H,104,105)(H,106,107)(H,108,109)(H,110,111)(H,112,113). The smallest absolute Gasteiger partial charge is 0.326 e. The largest absolute Gasteiger partial charge is 0.480 e. The van der Waals surface area contributed by atoms with E-state index < -0.39 is 361 Å². The maximum absolute atomic E-state index is 13.9. The Morgan fingerprint density at radius 3 is 0.967 bits per heavy atom. The highest BCUT2D eigenvalue weighted by Gasteiger charge is 2.55. The van der Waals surface area contributed by atoms with Gasteiger partial charge in [0.1, 0.15) is 158 Å². The van der Waals surface area contributed by atoms with Gasteiger partial charge in [-0.3, -0.25) is 62.3 Å². The van der Waals surface area contributed by atoms with Crippen molar-refractivity contribution in [3.05, 3.63) is 0 Å². The molecule has 53 heteroatoms. The zero-order valence-electron chi connectivity index (χ0n) is 68.1. The number of carbonyl (C=O) groups is 16. The van der Waals surface area contributed by atoms with E-state index in [1.54, 1.807) is 0 Å². The van der Waals surface area contributed by atoms with Crippen LogP contribution in [0.15, 0.2) is 0 Å². The number of carbonyl (C=O) groups excluding carboxylic acids is 11. The van der Waals surface area contributed by atoms with Gasteiger partial charge in [-0.2, -0.15) is 0 Å². The second-order valence-electron chi connectivity index (χ2n) is 29.8. The van der Waals surface area contributed by atoms with Crippen molar-refractivity contribution in [3.8, 4) is 0 Å². The molecule has 0 aromatic heterocycles. The average Bonchev–Trinajstić information content (AvgIpc) is 0.779. The maximum atomic E-state index is 13.9. The minimum absolute atomic E-state index is 0.193. The summed E-state index contributed by atoms with van der Waals surface area (Å²) in [6.07, 6.45) is -35.5. The molecule has 32 atom stereocenters. The Bertz CT molecular complexity index is 3610. The second kappa shape index (κ2) is 50.0. The number of carboxylic acids is 5. The van der Waals surface area contributed by atoms with E-state index in [2.05, 4.69) is 58.5 Å². The Labute approximate surface area is 700 Å². The number of carboxylic acid groups (broad SMARTS) is 5. The van der Waals surface area contributed by atoms with Crippen LogP contribution < -0.4 is 75.7 Å². The van der Waals surface area contributed by atoms with Crippen LogP contribution >= 0.6 is 0 Å². The summed E-state index contributed by atoms with van der Waals surface area (Å²) in [7, 11) is 0. The summed E-state index contributed by atoms with van der Waals surface area (Å²) < 4.78 is 45.8. The number of hydrogen-bond acceptors (Lipinski definition) is 37. The van der Waals surface area contributed by atoms with Crippen molar-refractivity contribution in [2.24, 2.45) is 17.2 Å². The van der Waals surface area contributed by atoms with Crippen LogP contribution in [0.4, 0.5) is 0 Å². The first-order valence-corrected chi connectivity index (χ1v) is 38.9. The average molecular weight is 1780 g/mol. The highest BCUT2D eigenvalue weighted by atomic mass is 16.7. The van der Waals surface area contributed by atoms with E-state index >= 15 is 0 Å². The molecule has 4 saturated heterocycles. The van der Waals surface area contributed by atoms with Crippen LogP contribution in [0.1, 0.15) is 120 Å². The number of hydrogen-bond donors (Lipinski definition) is 29. The van der Waals surface area contributed by atoms with Crippen LogP contribution in [0.3, 0.4) is 0 Å². The number of nitrogens with two attached hydrogens (primary N) is 3. The van der Waals surface area contributed by atoms with Gasteiger partial charge in [0, 0.05) is 26.7 Å². The molecule has 0 spiro atoms. The van der Waals surface area contributed by atoms with E-state index in [0.29, 0.717) is 0 Å². The van der Waals surface area contributed by atoms with Gasteiger partial charge in [0.25, 0.3) is 0 Å². The van der Waals surface area contributed by atoms with Crippen LogP contribution in [0.2, 0.25) is 0 Å². The lowest BCUT2D eigenvalue weighted by molar-refractivity contribution is -0.331. The number of aliphatic carboxylic acids is 5. The lowest BCUT2D eigenvalue weighted by Crippen LogP contribution is -2.69. The predicted octanol–water partition coefficient (Wildman–Crippen LogP) is -14.6. The third kappa shape index (κ3) is 31.7. The molecular formula is C70H116N14O39. The van der Waals surface area contributed by atoms with Gasteiger partial charge in [-0.1, -0.05) is 0 Å². The number of amides is 11. The first-order chi connectivity index (χ1) is 57.5. The van der Waals surface area contributed by atoms with Gasteiger partial charge >= 0.3 is 29.8 Å². The lowest BCUT2D eigenvalue weighted by atomic mass is 9.94. The first-order valence-electron chi connectivity index (χ1n) is 38.9. The van der Waals surface area contributed by atoms with E-state index in [1.807, 2.05) is 0 Å². The molecule has 4 rings (SSSR count). The van der Waals surface area contributed by atoms with Gasteiger partial charge < -0.3 is 190 Å². The summed E-state index contributed by atoms with van der Waals surface area (Å²) >= 11 is 0. The molecule has 0 aromatic carbocycles. The topological polar surface area (TPSA) is 861 Å². The van der Waals surface area contributed by atoms with Crippen molar-refractivity contribution >= 4 is 94.8 Å². The van der Waals surface area contributed by atoms with Gasteiger partial charge in [0.05, 0.1) is 38.5 Å². The fraction of sp³-hybridized carbons (Fsp3) is 0.771. The molecule has 123 heavy (non-hydrogen) atoms. The molecule has 4 aliphatic heterocycles. The summed E-state index contributed by atoms with van der Waals surface area (Å²) in [5.41, 5.74) is 17.8. The van der Waals surface area contributed by atoms with E-state index in [-0.39, 0.29) is 19.3 Å². The predicted molar refractivity (Wildman–Crippen MR) is 403 cm³/mol. The number of ether oxygens (including phenoxy) is 8. The fourth-order valence-corrected chi connectivity index (χ4v) is 12.9. The summed E-state index contributed by atoms with van der Waals surface area (Å²) in [6, 6.07) is -23.2. The third-order valence-electron chi connectivity index (χ3n) is 20.1. The van der Waals surface area contributed by atoms with Gasteiger partial charge in [-0.25, -0.2) is 14.4 Å². The summed E-state index contributed by atoms with van der Waals surface area (Å²) in [5, 5.41) is 178. The first kappa shape index (κ1) is 106. The van der Waals surface area contributed by atoms with Gasteiger partial charge in [-0.15, -0.1) is 0 Å². The number of aliphatic hydroxyl groups is 10.